The fourth-order valence-corrected chi connectivity index (χ4v) is 2.68. The third-order valence-corrected chi connectivity index (χ3v) is 4.10. The summed E-state index contributed by atoms with van der Waals surface area (Å²) in [5.74, 6) is -0.0635. The minimum atomic E-state index is -0.0635. The van der Waals surface area contributed by atoms with Crippen molar-refractivity contribution in [3.8, 4) is 0 Å². The molecule has 1 N–H and O–H groups in total. The largest absolute Gasteiger partial charge is 0.361 e. The molecule has 0 bridgehead atoms. The molecule has 0 aliphatic rings. The van der Waals surface area contributed by atoms with Gasteiger partial charge in [0.05, 0.1) is 14.9 Å². The molecule has 0 radical (unpaired) electrons. The van der Waals surface area contributed by atoms with Crippen LogP contribution in [0.4, 0.5) is 5.69 Å². The van der Waals surface area contributed by atoms with Crippen molar-refractivity contribution in [3.05, 3.63) is 62.4 Å². The Morgan fingerprint density at radius 1 is 1.28 bits per heavy atom. The van der Waals surface area contributed by atoms with E-state index in [9.17, 15) is 4.79 Å². The first-order valence-corrected chi connectivity index (χ1v) is 7.13. The number of nitrogens with one attached hydrogen (secondary N) is 1. The molecule has 0 atom stereocenters. The van der Waals surface area contributed by atoms with E-state index in [1.165, 1.54) is 17.4 Å². The zero-order valence-electron chi connectivity index (χ0n) is 9.19. The maximum absolute atomic E-state index is 11.7. The van der Waals surface area contributed by atoms with Gasteiger partial charge in [0.2, 0.25) is 0 Å². The van der Waals surface area contributed by atoms with Crippen LogP contribution in [0.5, 0.6) is 0 Å². The monoisotopic (exact) mass is 341 g/mol. The highest BCUT2D eigenvalue weighted by atomic mass is 79.9. The number of carbonyl (C=O) groups is 1. The Morgan fingerprint density at radius 2 is 2.06 bits per heavy atom. The minimum Gasteiger partial charge on any atom is -0.361 e. The fraction of sp³-hybridized carbons (Fsp3) is 0. The van der Waals surface area contributed by atoms with E-state index >= 15 is 0 Å². The molecular formula is C13H9BrClNOS. The molecule has 0 aliphatic carbocycles. The van der Waals surface area contributed by atoms with Gasteiger partial charge in [0, 0.05) is 16.7 Å². The van der Waals surface area contributed by atoms with Crippen LogP contribution >= 0.6 is 38.9 Å². The maximum atomic E-state index is 11.7. The van der Waals surface area contributed by atoms with E-state index in [1.807, 2.05) is 24.3 Å². The number of benzene rings is 1. The van der Waals surface area contributed by atoms with Crippen LogP contribution in [0.25, 0.3) is 0 Å². The predicted octanol–water partition coefficient (Wildman–Crippen LogP) is 4.97. The average Bonchev–Trinajstić information content (AvgIpc) is 2.78. The van der Waals surface area contributed by atoms with E-state index in [0.717, 1.165) is 10.2 Å². The van der Waals surface area contributed by atoms with Gasteiger partial charge < -0.3 is 5.32 Å². The predicted molar refractivity (Wildman–Crippen MR) is 80.6 cm³/mol. The van der Waals surface area contributed by atoms with Crippen LogP contribution in [0.15, 0.2) is 53.1 Å². The van der Waals surface area contributed by atoms with Crippen LogP contribution in [-0.2, 0) is 0 Å². The van der Waals surface area contributed by atoms with E-state index in [-0.39, 0.29) is 5.78 Å². The van der Waals surface area contributed by atoms with Crippen molar-refractivity contribution in [3.63, 3.8) is 0 Å². The van der Waals surface area contributed by atoms with Crippen molar-refractivity contribution in [2.75, 3.05) is 5.32 Å². The van der Waals surface area contributed by atoms with Crippen molar-refractivity contribution in [2.24, 2.45) is 0 Å². The maximum Gasteiger partial charge on any atom is 0.197 e. The highest BCUT2D eigenvalue weighted by molar-refractivity contribution is 9.10. The number of ketones is 1. The second-order valence-electron chi connectivity index (χ2n) is 3.43. The highest BCUT2D eigenvalue weighted by Crippen LogP contribution is 2.23. The van der Waals surface area contributed by atoms with Crippen LogP contribution in [0, 0.1) is 0 Å². The summed E-state index contributed by atoms with van der Waals surface area (Å²) in [5.41, 5.74) is 0.908. The second-order valence-corrected chi connectivity index (χ2v) is 5.99. The van der Waals surface area contributed by atoms with Gasteiger partial charge >= 0.3 is 0 Å². The topological polar surface area (TPSA) is 29.1 Å². The standard InChI is InChI=1S/C13H9BrClNOS/c14-9-3-1-2-4-10(9)16-8-7-11(17)12-5-6-13(15)18-12/h1-8,16H/b8-7+. The summed E-state index contributed by atoms with van der Waals surface area (Å²) < 4.78 is 1.56. The van der Waals surface area contributed by atoms with Crippen molar-refractivity contribution in [1.82, 2.24) is 0 Å². The quantitative estimate of drug-likeness (QED) is 0.627. The number of thiophene rings is 1. The van der Waals surface area contributed by atoms with Gasteiger partial charge in [-0.2, -0.15) is 0 Å². The van der Waals surface area contributed by atoms with Crippen molar-refractivity contribution >= 4 is 50.3 Å². The zero-order valence-corrected chi connectivity index (χ0v) is 12.3. The molecule has 2 nitrogen and oxygen atoms in total. The molecule has 92 valence electrons. The zero-order chi connectivity index (χ0) is 13.0. The molecule has 0 spiro atoms. The molecule has 0 saturated heterocycles. The van der Waals surface area contributed by atoms with Gasteiger partial charge in [-0.3, -0.25) is 4.79 Å². The summed E-state index contributed by atoms with van der Waals surface area (Å²) in [7, 11) is 0. The van der Waals surface area contributed by atoms with Crippen LogP contribution in [0.3, 0.4) is 0 Å². The lowest BCUT2D eigenvalue weighted by atomic mass is 10.3. The van der Waals surface area contributed by atoms with Gasteiger partial charge in [-0.15, -0.1) is 11.3 Å². The third-order valence-electron chi connectivity index (χ3n) is 2.16. The molecule has 0 amide bonds. The van der Waals surface area contributed by atoms with Gasteiger partial charge in [0.25, 0.3) is 0 Å². The third kappa shape index (κ3) is 3.45. The Morgan fingerprint density at radius 3 is 2.72 bits per heavy atom. The van der Waals surface area contributed by atoms with Crippen LogP contribution < -0.4 is 5.32 Å². The van der Waals surface area contributed by atoms with E-state index in [4.69, 9.17) is 11.6 Å². The van der Waals surface area contributed by atoms with Gasteiger partial charge in [0.15, 0.2) is 5.78 Å². The average molecular weight is 343 g/mol. The Kier molecular flexibility index (Phi) is 4.58. The summed E-state index contributed by atoms with van der Waals surface area (Å²) >= 11 is 10.5. The van der Waals surface area contributed by atoms with Gasteiger partial charge in [-0.25, -0.2) is 0 Å². The van der Waals surface area contributed by atoms with Crippen LogP contribution in [0.2, 0.25) is 4.34 Å². The summed E-state index contributed by atoms with van der Waals surface area (Å²) in [4.78, 5) is 12.4. The van der Waals surface area contributed by atoms with E-state index in [1.54, 1.807) is 18.3 Å². The number of halogens is 2. The number of allylic oxidation sites excluding steroid dienone is 1. The summed E-state index contributed by atoms with van der Waals surface area (Å²) in [6.07, 6.45) is 3.11. The van der Waals surface area contributed by atoms with Crippen molar-refractivity contribution in [2.45, 2.75) is 0 Å². The number of anilines is 1. The minimum absolute atomic E-state index is 0.0635. The van der Waals surface area contributed by atoms with Crippen LogP contribution in [0.1, 0.15) is 9.67 Å². The Labute approximate surface area is 122 Å². The molecule has 1 aromatic carbocycles. The van der Waals surface area contributed by atoms with Crippen molar-refractivity contribution in [1.29, 1.82) is 0 Å². The van der Waals surface area contributed by atoms with Gasteiger partial charge in [0.1, 0.15) is 0 Å². The van der Waals surface area contributed by atoms with Crippen molar-refractivity contribution < 1.29 is 4.79 Å². The molecule has 1 heterocycles. The summed E-state index contributed by atoms with van der Waals surface area (Å²) in [6, 6.07) is 11.1. The number of hydrogen-bond donors (Lipinski definition) is 1. The lowest BCUT2D eigenvalue weighted by Gasteiger charge is -2.02. The first-order chi connectivity index (χ1) is 8.66. The number of hydrogen-bond acceptors (Lipinski definition) is 3. The Hall–Kier alpha value is -1.10. The molecule has 2 rings (SSSR count). The Balaban J connectivity index is 2.00. The molecule has 0 saturated carbocycles. The SMILES string of the molecule is O=C(/C=C/Nc1ccccc1Br)c1ccc(Cl)s1. The summed E-state index contributed by atoms with van der Waals surface area (Å²) in [5, 5.41) is 3.04. The first-order valence-electron chi connectivity index (χ1n) is 5.14. The molecule has 5 heteroatoms. The normalized spacial score (nSPS) is 10.8. The van der Waals surface area contributed by atoms with Gasteiger partial charge in [-0.05, 0) is 40.2 Å². The van der Waals surface area contributed by atoms with E-state index in [0.29, 0.717) is 9.21 Å². The fourth-order valence-electron chi connectivity index (χ4n) is 1.31. The first kappa shape index (κ1) is 13.3. The van der Waals surface area contributed by atoms with Gasteiger partial charge in [-0.1, -0.05) is 23.7 Å². The van der Waals surface area contributed by atoms with Crippen LogP contribution in [-0.4, -0.2) is 5.78 Å². The molecule has 2 aromatic rings. The molecule has 0 fully saturated rings. The molecule has 1 aromatic heterocycles. The smallest absolute Gasteiger partial charge is 0.197 e. The van der Waals surface area contributed by atoms with E-state index in [2.05, 4.69) is 21.2 Å². The molecule has 0 unspecified atom stereocenters. The number of rotatable bonds is 4. The molecular weight excluding hydrogens is 334 g/mol. The second kappa shape index (κ2) is 6.18. The molecule has 18 heavy (non-hydrogen) atoms. The van der Waals surface area contributed by atoms with E-state index < -0.39 is 0 Å². The number of para-hydroxylation sites is 1. The summed E-state index contributed by atoms with van der Waals surface area (Å²) in [6.45, 7) is 0. The highest BCUT2D eigenvalue weighted by Gasteiger charge is 2.04. The number of carbonyl (C=O) groups excluding carboxylic acids is 1. The Bertz CT molecular complexity index is 594. The molecule has 0 aliphatic heterocycles. The lowest BCUT2D eigenvalue weighted by molar-refractivity contribution is 0.105. The lowest BCUT2D eigenvalue weighted by Crippen LogP contribution is -1.93.